The van der Waals surface area contributed by atoms with Crippen molar-refractivity contribution in [2.45, 2.75) is 18.4 Å². The number of ether oxygens (including phenoxy) is 1. The zero-order chi connectivity index (χ0) is 19.6. The van der Waals surface area contributed by atoms with Crippen molar-refractivity contribution in [1.29, 1.82) is 0 Å². The summed E-state index contributed by atoms with van der Waals surface area (Å²) < 4.78 is 50.3. The molecule has 0 spiro atoms. The molecular weight excluding hydrogens is 375 g/mol. The number of rotatable bonds is 5. The quantitative estimate of drug-likeness (QED) is 0.748. The van der Waals surface area contributed by atoms with E-state index in [4.69, 9.17) is 9.15 Å². The second-order valence-electron chi connectivity index (χ2n) is 6.46. The Morgan fingerprint density at radius 1 is 1.30 bits per heavy atom. The number of methoxy groups -OCH3 is 1. The van der Waals surface area contributed by atoms with Crippen molar-refractivity contribution < 1.29 is 31.7 Å². The summed E-state index contributed by atoms with van der Waals surface area (Å²) in [6.07, 6.45) is 0. The van der Waals surface area contributed by atoms with Crippen LogP contribution in [-0.4, -0.2) is 52.0 Å². The van der Waals surface area contributed by atoms with E-state index in [9.17, 15) is 17.6 Å². The molecule has 0 radical (unpaired) electrons. The number of piperazine rings is 1. The van der Waals surface area contributed by atoms with Gasteiger partial charge in [0.15, 0.2) is 5.76 Å². The maximum Gasteiger partial charge on any atom is 0.341 e. The number of hydrogen-bond donors (Lipinski definition) is 1. The van der Waals surface area contributed by atoms with Crippen LogP contribution in [0, 0.1) is 12.7 Å². The standard InChI is InChI=1S/C18H21FN2O5S/c1-13-17(18(22)25-2)11-15(26-13)12-20-6-8-21(9-7-20)27(23,24)16-5-3-4-14(19)10-16/h3-5,10-11H,6-9,12H2,1-2H3/p+1. The van der Waals surface area contributed by atoms with Crippen molar-refractivity contribution in [2.75, 3.05) is 33.3 Å². The van der Waals surface area contributed by atoms with Crippen LogP contribution in [0.5, 0.6) is 0 Å². The Kier molecular flexibility index (Phi) is 5.64. The molecule has 1 aromatic heterocycles. The van der Waals surface area contributed by atoms with Gasteiger partial charge in [-0.1, -0.05) is 6.07 Å². The molecule has 0 bridgehead atoms. The van der Waals surface area contributed by atoms with Crippen LogP contribution in [0.15, 0.2) is 39.6 Å². The second kappa shape index (κ2) is 7.79. The number of quaternary nitrogens is 1. The van der Waals surface area contributed by atoms with Crippen LogP contribution in [0.4, 0.5) is 4.39 Å². The first-order valence-corrected chi connectivity index (χ1v) is 10.0. The van der Waals surface area contributed by atoms with Crippen molar-refractivity contribution in [3.05, 3.63) is 53.2 Å². The van der Waals surface area contributed by atoms with Gasteiger partial charge in [-0.25, -0.2) is 17.6 Å². The smallest absolute Gasteiger partial charge is 0.341 e. The van der Waals surface area contributed by atoms with E-state index >= 15 is 0 Å². The number of carbonyl (C=O) groups is 1. The van der Waals surface area contributed by atoms with Gasteiger partial charge in [-0.3, -0.25) is 0 Å². The SMILES string of the molecule is COC(=O)c1cc(C[NH+]2CCN(S(=O)(=O)c3cccc(F)c3)CC2)oc1C. The van der Waals surface area contributed by atoms with Gasteiger partial charge in [-0.2, -0.15) is 4.31 Å². The van der Waals surface area contributed by atoms with Crippen LogP contribution in [0.2, 0.25) is 0 Å². The molecule has 0 amide bonds. The van der Waals surface area contributed by atoms with Crippen molar-refractivity contribution in [2.24, 2.45) is 0 Å². The van der Waals surface area contributed by atoms with E-state index < -0.39 is 21.8 Å². The average molecular weight is 397 g/mol. The zero-order valence-electron chi connectivity index (χ0n) is 15.2. The van der Waals surface area contributed by atoms with E-state index in [2.05, 4.69) is 0 Å². The number of aryl methyl sites for hydroxylation is 1. The fourth-order valence-electron chi connectivity index (χ4n) is 3.19. The number of benzene rings is 1. The average Bonchev–Trinajstić information content (AvgIpc) is 3.01. The predicted molar refractivity (Wildman–Crippen MR) is 94.3 cm³/mol. The summed E-state index contributed by atoms with van der Waals surface area (Å²) in [6.45, 7) is 4.08. The van der Waals surface area contributed by atoms with Gasteiger partial charge in [0.25, 0.3) is 0 Å². The van der Waals surface area contributed by atoms with Gasteiger partial charge in [0.05, 0.1) is 38.2 Å². The molecule has 0 saturated carbocycles. The Bertz CT molecular complexity index is 933. The van der Waals surface area contributed by atoms with Crippen LogP contribution in [0.3, 0.4) is 0 Å². The van der Waals surface area contributed by atoms with Crippen LogP contribution in [-0.2, 0) is 21.3 Å². The fraction of sp³-hybridized carbons (Fsp3) is 0.389. The molecule has 3 rings (SSSR count). The monoisotopic (exact) mass is 397 g/mol. The molecule has 1 saturated heterocycles. The Balaban J connectivity index is 1.63. The Hall–Kier alpha value is -2.23. The van der Waals surface area contributed by atoms with Crippen molar-refractivity contribution in [3.63, 3.8) is 0 Å². The van der Waals surface area contributed by atoms with Gasteiger partial charge < -0.3 is 14.1 Å². The largest absolute Gasteiger partial charge is 0.465 e. The summed E-state index contributed by atoms with van der Waals surface area (Å²) in [4.78, 5) is 12.8. The third kappa shape index (κ3) is 4.20. The number of nitrogens with zero attached hydrogens (tertiary/aromatic N) is 1. The Morgan fingerprint density at radius 3 is 2.63 bits per heavy atom. The molecule has 1 aliphatic rings. The highest BCUT2D eigenvalue weighted by Crippen LogP contribution is 2.17. The van der Waals surface area contributed by atoms with Gasteiger partial charge in [-0.05, 0) is 25.1 Å². The number of nitrogens with one attached hydrogen (secondary N) is 1. The van der Waals surface area contributed by atoms with E-state index in [1.165, 1.54) is 29.6 Å². The highest BCUT2D eigenvalue weighted by Gasteiger charge is 2.31. The lowest BCUT2D eigenvalue weighted by Crippen LogP contribution is -3.13. The molecule has 27 heavy (non-hydrogen) atoms. The summed E-state index contributed by atoms with van der Waals surface area (Å²) in [5.41, 5.74) is 0.402. The molecule has 9 heteroatoms. The van der Waals surface area contributed by atoms with Crippen molar-refractivity contribution in [1.82, 2.24) is 4.31 Å². The van der Waals surface area contributed by atoms with Crippen molar-refractivity contribution in [3.8, 4) is 0 Å². The summed E-state index contributed by atoms with van der Waals surface area (Å²) in [6, 6.07) is 6.72. The van der Waals surface area contributed by atoms with E-state index in [0.717, 1.165) is 11.0 Å². The van der Waals surface area contributed by atoms with Gasteiger partial charge in [0.2, 0.25) is 10.0 Å². The lowest BCUT2D eigenvalue weighted by atomic mass is 10.2. The summed E-state index contributed by atoms with van der Waals surface area (Å²) >= 11 is 0. The second-order valence-corrected chi connectivity index (χ2v) is 8.40. The van der Waals surface area contributed by atoms with E-state index in [-0.39, 0.29) is 4.90 Å². The number of sulfonamides is 1. The lowest BCUT2D eigenvalue weighted by molar-refractivity contribution is -0.918. The van der Waals surface area contributed by atoms with Crippen LogP contribution in [0.25, 0.3) is 0 Å². The van der Waals surface area contributed by atoms with Crippen LogP contribution >= 0.6 is 0 Å². The number of hydrogen-bond acceptors (Lipinski definition) is 5. The van der Waals surface area contributed by atoms with Gasteiger partial charge in [0, 0.05) is 6.07 Å². The van der Waals surface area contributed by atoms with Crippen LogP contribution < -0.4 is 4.90 Å². The minimum Gasteiger partial charge on any atom is -0.465 e. The topological polar surface area (TPSA) is 81.3 Å². The molecule has 7 nitrogen and oxygen atoms in total. The third-order valence-corrected chi connectivity index (χ3v) is 6.56. The number of carbonyl (C=O) groups excluding carboxylic acids is 1. The summed E-state index contributed by atoms with van der Waals surface area (Å²) in [7, 11) is -2.39. The highest BCUT2D eigenvalue weighted by atomic mass is 32.2. The van der Waals surface area contributed by atoms with E-state index in [0.29, 0.717) is 49.8 Å². The molecule has 2 heterocycles. The zero-order valence-corrected chi connectivity index (χ0v) is 16.0. The first-order valence-electron chi connectivity index (χ1n) is 8.58. The normalized spacial score (nSPS) is 16.4. The van der Waals surface area contributed by atoms with Gasteiger partial charge in [-0.15, -0.1) is 0 Å². The Morgan fingerprint density at radius 2 is 2.00 bits per heavy atom. The Labute approximate surface area is 157 Å². The molecule has 2 aromatic rings. The molecule has 1 N–H and O–H groups in total. The molecule has 0 atom stereocenters. The number of esters is 1. The van der Waals surface area contributed by atoms with Gasteiger partial charge in [0.1, 0.15) is 23.7 Å². The van der Waals surface area contributed by atoms with Crippen molar-refractivity contribution >= 4 is 16.0 Å². The lowest BCUT2D eigenvalue weighted by Gasteiger charge is -2.31. The minimum absolute atomic E-state index is 0.0321. The third-order valence-electron chi connectivity index (χ3n) is 4.66. The van der Waals surface area contributed by atoms with Crippen LogP contribution in [0.1, 0.15) is 21.9 Å². The predicted octanol–water partition coefficient (Wildman–Crippen LogP) is 0.603. The first kappa shape index (κ1) is 19.5. The number of halogens is 1. The van der Waals surface area contributed by atoms with Gasteiger partial charge >= 0.3 is 5.97 Å². The highest BCUT2D eigenvalue weighted by molar-refractivity contribution is 7.89. The minimum atomic E-state index is -3.70. The molecule has 1 aliphatic heterocycles. The molecule has 146 valence electrons. The molecule has 1 fully saturated rings. The fourth-order valence-corrected chi connectivity index (χ4v) is 4.66. The maximum absolute atomic E-state index is 13.4. The molecule has 0 aliphatic carbocycles. The molecule has 0 unspecified atom stereocenters. The maximum atomic E-state index is 13.4. The molecule has 1 aromatic carbocycles. The first-order chi connectivity index (χ1) is 12.8. The summed E-state index contributed by atoms with van der Waals surface area (Å²) in [5.74, 6) is 0.145. The van der Waals surface area contributed by atoms with E-state index in [1.807, 2.05) is 0 Å². The van der Waals surface area contributed by atoms with E-state index in [1.54, 1.807) is 13.0 Å². The number of furan rings is 1. The summed E-state index contributed by atoms with van der Waals surface area (Å²) in [5, 5.41) is 0. The molecular formula is C18H22FN2O5S+.